The molecule has 8 nitrogen and oxygen atoms in total. The molecule has 2 rings (SSSR count). The van der Waals surface area contributed by atoms with Crippen LogP contribution in [0.15, 0.2) is 12.1 Å². The van der Waals surface area contributed by atoms with Crippen molar-refractivity contribution in [2.75, 3.05) is 32.2 Å². The minimum absolute atomic E-state index is 0.0960. The molecule has 0 N–H and O–H groups in total. The largest absolute Gasteiger partial charge is 0.481 e. The Morgan fingerprint density at radius 2 is 2.24 bits per heavy atom. The number of esters is 1. The molecule has 1 aromatic rings. The van der Waals surface area contributed by atoms with E-state index >= 15 is 0 Å². The van der Waals surface area contributed by atoms with Gasteiger partial charge in [-0.05, 0) is 12.8 Å². The lowest BCUT2D eigenvalue weighted by molar-refractivity contribution is -0.384. The predicted octanol–water partition coefficient (Wildman–Crippen LogP) is 1.39. The summed E-state index contributed by atoms with van der Waals surface area (Å²) in [4.78, 5) is 28.2. The Morgan fingerprint density at radius 3 is 2.86 bits per heavy atom. The van der Waals surface area contributed by atoms with E-state index in [9.17, 15) is 14.9 Å². The summed E-state index contributed by atoms with van der Waals surface area (Å²) in [7, 11) is 2.79. The van der Waals surface area contributed by atoms with E-state index in [1.807, 2.05) is 0 Å². The van der Waals surface area contributed by atoms with Crippen molar-refractivity contribution in [1.82, 2.24) is 4.98 Å². The molecular weight excluding hydrogens is 278 g/mol. The number of carbonyl (C=O) groups excluding carboxylic acids is 1. The first-order valence-corrected chi connectivity index (χ1v) is 6.59. The number of aromatic nitrogens is 1. The molecule has 0 amide bonds. The second kappa shape index (κ2) is 6.38. The third-order valence-corrected chi connectivity index (χ3v) is 3.49. The van der Waals surface area contributed by atoms with Crippen LogP contribution in [0, 0.1) is 16.0 Å². The van der Waals surface area contributed by atoms with Crippen LogP contribution in [0.1, 0.15) is 12.8 Å². The standard InChI is InChI=1S/C13H17N3O5/c1-20-11-6-5-10(16(18)19)12(14-11)15-7-3-4-9(8-15)13(17)21-2/h5-6,9H,3-4,7-8H2,1-2H3. The van der Waals surface area contributed by atoms with Crippen molar-refractivity contribution in [3.05, 3.63) is 22.2 Å². The molecule has 1 saturated heterocycles. The molecule has 2 heterocycles. The SMILES string of the molecule is COC(=O)C1CCCN(c2nc(OC)ccc2[N+](=O)[O-])C1. The second-order valence-corrected chi connectivity index (χ2v) is 4.76. The van der Waals surface area contributed by atoms with Gasteiger partial charge in [0.05, 0.1) is 25.1 Å². The zero-order valence-corrected chi connectivity index (χ0v) is 11.9. The first kappa shape index (κ1) is 15.0. The summed E-state index contributed by atoms with van der Waals surface area (Å²) in [5, 5.41) is 11.1. The fourth-order valence-electron chi connectivity index (χ4n) is 2.44. The Hall–Kier alpha value is -2.38. The van der Waals surface area contributed by atoms with E-state index < -0.39 is 4.92 Å². The Labute approximate surface area is 121 Å². The molecule has 114 valence electrons. The second-order valence-electron chi connectivity index (χ2n) is 4.76. The van der Waals surface area contributed by atoms with E-state index in [4.69, 9.17) is 9.47 Å². The summed E-state index contributed by atoms with van der Waals surface area (Å²) in [6.45, 7) is 0.960. The van der Waals surface area contributed by atoms with Crippen LogP contribution in [0.2, 0.25) is 0 Å². The van der Waals surface area contributed by atoms with Crippen molar-refractivity contribution in [3.8, 4) is 5.88 Å². The Balaban J connectivity index is 2.31. The maximum Gasteiger partial charge on any atom is 0.311 e. The topological polar surface area (TPSA) is 94.8 Å². The number of ether oxygens (including phenoxy) is 2. The molecule has 0 bridgehead atoms. The zero-order chi connectivity index (χ0) is 15.4. The van der Waals surface area contributed by atoms with Crippen LogP contribution in [0.5, 0.6) is 5.88 Å². The molecule has 0 spiro atoms. The molecule has 0 saturated carbocycles. The van der Waals surface area contributed by atoms with Gasteiger partial charge in [0.25, 0.3) is 0 Å². The highest BCUT2D eigenvalue weighted by atomic mass is 16.6. The molecular formula is C13H17N3O5. The van der Waals surface area contributed by atoms with Crippen molar-refractivity contribution in [1.29, 1.82) is 0 Å². The molecule has 1 fully saturated rings. The van der Waals surface area contributed by atoms with Gasteiger partial charge in [-0.25, -0.2) is 0 Å². The average Bonchev–Trinajstić information content (AvgIpc) is 2.53. The van der Waals surface area contributed by atoms with Gasteiger partial charge in [0.15, 0.2) is 0 Å². The van der Waals surface area contributed by atoms with Crippen LogP contribution >= 0.6 is 0 Å². The number of nitrogens with zero attached hydrogens (tertiary/aromatic N) is 3. The van der Waals surface area contributed by atoms with Crippen LogP contribution in [0.25, 0.3) is 0 Å². The van der Waals surface area contributed by atoms with Crippen LogP contribution < -0.4 is 9.64 Å². The monoisotopic (exact) mass is 295 g/mol. The molecule has 1 aliphatic heterocycles. The smallest absolute Gasteiger partial charge is 0.311 e. The van der Waals surface area contributed by atoms with Gasteiger partial charge < -0.3 is 14.4 Å². The molecule has 0 aliphatic carbocycles. The number of nitro groups is 1. The predicted molar refractivity (Wildman–Crippen MR) is 74.4 cm³/mol. The molecule has 1 aromatic heterocycles. The molecule has 1 unspecified atom stereocenters. The number of rotatable bonds is 4. The summed E-state index contributed by atoms with van der Waals surface area (Å²) in [6, 6.07) is 2.81. The van der Waals surface area contributed by atoms with Gasteiger partial charge in [0.1, 0.15) is 0 Å². The number of pyridine rings is 1. The number of anilines is 1. The third kappa shape index (κ3) is 3.21. The van der Waals surface area contributed by atoms with Crippen molar-refractivity contribution < 1.29 is 19.2 Å². The number of hydrogen-bond acceptors (Lipinski definition) is 7. The van der Waals surface area contributed by atoms with Crippen LogP contribution in [0.4, 0.5) is 11.5 Å². The van der Waals surface area contributed by atoms with Crippen molar-refractivity contribution in [2.45, 2.75) is 12.8 Å². The van der Waals surface area contributed by atoms with Gasteiger partial charge in [-0.15, -0.1) is 0 Å². The van der Waals surface area contributed by atoms with E-state index in [0.717, 1.165) is 6.42 Å². The quantitative estimate of drug-likeness (QED) is 0.470. The Morgan fingerprint density at radius 1 is 1.48 bits per heavy atom. The van der Waals surface area contributed by atoms with Crippen LogP contribution in [-0.2, 0) is 9.53 Å². The molecule has 0 radical (unpaired) electrons. The normalized spacial score (nSPS) is 18.2. The summed E-state index contributed by atoms with van der Waals surface area (Å²) in [5.74, 6) is -0.0645. The maximum absolute atomic E-state index is 11.7. The third-order valence-electron chi connectivity index (χ3n) is 3.49. The molecule has 1 aliphatic rings. The number of piperidine rings is 1. The summed E-state index contributed by atoms with van der Waals surface area (Å²) >= 11 is 0. The van der Waals surface area contributed by atoms with Crippen molar-refractivity contribution in [3.63, 3.8) is 0 Å². The van der Waals surface area contributed by atoms with E-state index in [1.165, 1.54) is 26.4 Å². The van der Waals surface area contributed by atoms with Gasteiger partial charge in [-0.3, -0.25) is 14.9 Å². The molecule has 8 heteroatoms. The van der Waals surface area contributed by atoms with E-state index in [-0.39, 0.29) is 23.4 Å². The fraction of sp³-hybridized carbons (Fsp3) is 0.538. The molecule has 0 aromatic carbocycles. The highest BCUT2D eigenvalue weighted by Gasteiger charge is 2.31. The van der Waals surface area contributed by atoms with Gasteiger partial charge in [0, 0.05) is 25.2 Å². The zero-order valence-electron chi connectivity index (χ0n) is 11.9. The average molecular weight is 295 g/mol. The minimum atomic E-state index is -0.483. The van der Waals surface area contributed by atoms with Crippen LogP contribution in [0.3, 0.4) is 0 Å². The summed E-state index contributed by atoms with van der Waals surface area (Å²) in [6.07, 6.45) is 1.46. The van der Waals surface area contributed by atoms with E-state index in [0.29, 0.717) is 25.4 Å². The highest BCUT2D eigenvalue weighted by molar-refractivity contribution is 5.74. The Bertz CT molecular complexity index is 549. The fourth-order valence-corrected chi connectivity index (χ4v) is 2.44. The lowest BCUT2D eigenvalue weighted by Crippen LogP contribution is -2.39. The lowest BCUT2D eigenvalue weighted by Gasteiger charge is -2.31. The minimum Gasteiger partial charge on any atom is -0.481 e. The Kier molecular flexibility index (Phi) is 4.56. The van der Waals surface area contributed by atoms with Crippen LogP contribution in [-0.4, -0.2) is 43.2 Å². The van der Waals surface area contributed by atoms with E-state index in [2.05, 4.69) is 4.98 Å². The summed E-state index contributed by atoms with van der Waals surface area (Å²) in [5.41, 5.74) is -0.0960. The van der Waals surface area contributed by atoms with Gasteiger partial charge in [-0.2, -0.15) is 4.98 Å². The summed E-state index contributed by atoms with van der Waals surface area (Å²) < 4.78 is 9.78. The highest BCUT2D eigenvalue weighted by Crippen LogP contribution is 2.31. The van der Waals surface area contributed by atoms with Crippen molar-refractivity contribution in [2.24, 2.45) is 5.92 Å². The lowest BCUT2D eigenvalue weighted by atomic mass is 9.98. The van der Waals surface area contributed by atoms with Gasteiger partial charge in [0.2, 0.25) is 11.7 Å². The maximum atomic E-state index is 11.7. The van der Waals surface area contributed by atoms with Gasteiger partial charge >= 0.3 is 11.7 Å². The van der Waals surface area contributed by atoms with Gasteiger partial charge in [-0.1, -0.05) is 0 Å². The van der Waals surface area contributed by atoms with Crippen molar-refractivity contribution >= 4 is 17.5 Å². The molecule has 1 atom stereocenters. The number of hydrogen-bond donors (Lipinski definition) is 0. The van der Waals surface area contributed by atoms with E-state index in [1.54, 1.807) is 4.90 Å². The number of carbonyl (C=O) groups is 1. The molecule has 21 heavy (non-hydrogen) atoms. The number of methoxy groups -OCH3 is 2. The first-order valence-electron chi connectivity index (χ1n) is 6.59. The first-order chi connectivity index (χ1) is 10.1.